The molecule has 1 aliphatic carbocycles. The third kappa shape index (κ3) is 2.86. The molecule has 1 aromatic carbocycles. The van der Waals surface area contributed by atoms with Gasteiger partial charge in [0.1, 0.15) is 5.75 Å². The molecule has 16 heavy (non-hydrogen) atoms. The number of hydrogen-bond acceptors (Lipinski definition) is 2. The predicted molar refractivity (Wildman–Crippen MR) is 65.4 cm³/mol. The van der Waals surface area contributed by atoms with Crippen molar-refractivity contribution < 1.29 is 9.47 Å². The molecule has 0 unspecified atom stereocenters. The summed E-state index contributed by atoms with van der Waals surface area (Å²) in [6.45, 7) is 0.306. The first-order valence-corrected chi connectivity index (χ1v) is 5.80. The minimum Gasteiger partial charge on any atom is -0.467 e. The van der Waals surface area contributed by atoms with E-state index in [1.807, 2.05) is 18.2 Å². The summed E-state index contributed by atoms with van der Waals surface area (Å²) in [6, 6.07) is 8.11. The number of para-hydroxylation sites is 1. The molecule has 0 saturated heterocycles. The van der Waals surface area contributed by atoms with Crippen LogP contribution in [0.5, 0.6) is 5.75 Å². The maximum atomic E-state index is 5.53. The van der Waals surface area contributed by atoms with E-state index < -0.39 is 0 Å². The average molecular weight is 218 g/mol. The predicted octanol–water partition coefficient (Wildman–Crippen LogP) is 3.63. The highest BCUT2D eigenvalue weighted by molar-refractivity contribution is 5.60. The molecule has 2 nitrogen and oxygen atoms in total. The van der Waals surface area contributed by atoms with E-state index in [1.165, 1.54) is 31.3 Å². The molecule has 1 aliphatic rings. The summed E-state index contributed by atoms with van der Waals surface area (Å²) >= 11 is 0. The summed E-state index contributed by atoms with van der Waals surface area (Å²) in [5.74, 6) is 0.906. The second-order valence-corrected chi connectivity index (χ2v) is 4.10. The molecule has 0 amide bonds. The highest BCUT2D eigenvalue weighted by atomic mass is 16.7. The largest absolute Gasteiger partial charge is 0.467 e. The van der Waals surface area contributed by atoms with Crippen LogP contribution in [0.25, 0.3) is 6.08 Å². The molecule has 0 heterocycles. The SMILES string of the molecule is COCOc1ccccc1C=C1CCCC1. The van der Waals surface area contributed by atoms with Gasteiger partial charge in [-0.1, -0.05) is 29.8 Å². The highest BCUT2D eigenvalue weighted by Gasteiger charge is 2.08. The molecule has 1 saturated carbocycles. The summed E-state index contributed by atoms with van der Waals surface area (Å²) in [7, 11) is 1.64. The van der Waals surface area contributed by atoms with E-state index in [2.05, 4.69) is 12.1 Å². The van der Waals surface area contributed by atoms with Crippen LogP contribution in [-0.4, -0.2) is 13.9 Å². The van der Waals surface area contributed by atoms with Crippen LogP contribution in [0.2, 0.25) is 0 Å². The van der Waals surface area contributed by atoms with Crippen molar-refractivity contribution in [3.8, 4) is 5.75 Å². The van der Waals surface area contributed by atoms with Gasteiger partial charge in [-0.05, 0) is 31.7 Å². The van der Waals surface area contributed by atoms with Gasteiger partial charge in [-0.2, -0.15) is 0 Å². The first kappa shape index (κ1) is 11.2. The smallest absolute Gasteiger partial charge is 0.188 e. The van der Waals surface area contributed by atoms with Gasteiger partial charge in [0.2, 0.25) is 0 Å². The molecule has 0 atom stereocenters. The average Bonchev–Trinajstić information content (AvgIpc) is 2.81. The molecular formula is C14H18O2. The summed E-state index contributed by atoms with van der Waals surface area (Å²) in [4.78, 5) is 0. The Balaban J connectivity index is 2.15. The molecule has 0 spiro atoms. The molecule has 0 aromatic heterocycles. The van der Waals surface area contributed by atoms with Crippen LogP contribution < -0.4 is 4.74 Å². The maximum absolute atomic E-state index is 5.53. The Labute approximate surface area is 96.9 Å². The van der Waals surface area contributed by atoms with Gasteiger partial charge in [-0.25, -0.2) is 0 Å². The van der Waals surface area contributed by atoms with E-state index in [4.69, 9.17) is 9.47 Å². The van der Waals surface area contributed by atoms with Crippen molar-refractivity contribution in [3.05, 3.63) is 35.4 Å². The van der Waals surface area contributed by atoms with Crippen LogP contribution in [0.3, 0.4) is 0 Å². The van der Waals surface area contributed by atoms with Crippen molar-refractivity contribution in [1.82, 2.24) is 0 Å². The van der Waals surface area contributed by atoms with Gasteiger partial charge in [0.25, 0.3) is 0 Å². The van der Waals surface area contributed by atoms with Gasteiger partial charge in [0.15, 0.2) is 6.79 Å². The molecule has 86 valence electrons. The van der Waals surface area contributed by atoms with Crippen molar-refractivity contribution in [1.29, 1.82) is 0 Å². The van der Waals surface area contributed by atoms with E-state index >= 15 is 0 Å². The van der Waals surface area contributed by atoms with Crippen molar-refractivity contribution in [2.75, 3.05) is 13.9 Å². The van der Waals surface area contributed by atoms with Gasteiger partial charge in [-0.15, -0.1) is 0 Å². The van der Waals surface area contributed by atoms with Crippen LogP contribution in [-0.2, 0) is 4.74 Å². The molecule has 1 fully saturated rings. The van der Waals surface area contributed by atoms with Crippen LogP contribution in [0, 0.1) is 0 Å². The first-order chi connectivity index (χ1) is 7.90. The molecule has 0 aliphatic heterocycles. The van der Waals surface area contributed by atoms with Gasteiger partial charge < -0.3 is 9.47 Å². The fourth-order valence-corrected chi connectivity index (χ4v) is 2.05. The molecule has 2 rings (SSSR count). The monoisotopic (exact) mass is 218 g/mol. The Morgan fingerprint density at radius 3 is 2.69 bits per heavy atom. The van der Waals surface area contributed by atoms with E-state index in [0.29, 0.717) is 6.79 Å². The lowest BCUT2D eigenvalue weighted by Gasteiger charge is -2.08. The zero-order valence-electron chi connectivity index (χ0n) is 9.74. The summed E-state index contributed by atoms with van der Waals surface area (Å²) in [5, 5.41) is 0. The van der Waals surface area contributed by atoms with Crippen molar-refractivity contribution >= 4 is 6.08 Å². The lowest BCUT2D eigenvalue weighted by Crippen LogP contribution is -2.00. The lowest BCUT2D eigenvalue weighted by atomic mass is 10.1. The van der Waals surface area contributed by atoms with E-state index in [0.717, 1.165) is 11.3 Å². The van der Waals surface area contributed by atoms with E-state index in [9.17, 15) is 0 Å². The van der Waals surface area contributed by atoms with Gasteiger partial charge >= 0.3 is 0 Å². The fourth-order valence-electron chi connectivity index (χ4n) is 2.05. The fraction of sp³-hybridized carbons (Fsp3) is 0.429. The molecule has 2 heteroatoms. The van der Waals surface area contributed by atoms with Gasteiger partial charge in [0.05, 0.1) is 0 Å². The molecule has 0 radical (unpaired) electrons. The van der Waals surface area contributed by atoms with Gasteiger partial charge in [0, 0.05) is 12.7 Å². The Hall–Kier alpha value is -1.28. The number of benzene rings is 1. The number of hydrogen-bond donors (Lipinski definition) is 0. The second-order valence-electron chi connectivity index (χ2n) is 4.10. The highest BCUT2D eigenvalue weighted by Crippen LogP contribution is 2.29. The Bertz CT molecular complexity index is 361. The number of rotatable bonds is 4. The number of methoxy groups -OCH3 is 1. The molecule has 0 N–H and O–H groups in total. The van der Waals surface area contributed by atoms with Crippen molar-refractivity contribution in [2.24, 2.45) is 0 Å². The van der Waals surface area contributed by atoms with Gasteiger partial charge in [-0.3, -0.25) is 0 Å². The summed E-state index contributed by atoms with van der Waals surface area (Å²) in [6.07, 6.45) is 7.38. The second kappa shape index (κ2) is 5.71. The summed E-state index contributed by atoms with van der Waals surface area (Å²) < 4.78 is 10.5. The third-order valence-electron chi connectivity index (χ3n) is 2.86. The maximum Gasteiger partial charge on any atom is 0.188 e. The normalized spacial score (nSPS) is 15.2. The first-order valence-electron chi connectivity index (χ1n) is 5.80. The standard InChI is InChI=1S/C14H18O2/c1-15-11-16-14-9-5-4-8-13(14)10-12-6-2-3-7-12/h4-5,8-10H,2-3,6-7,11H2,1H3. The van der Waals surface area contributed by atoms with E-state index in [1.54, 1.807) is 7.11 Å². The van der Waals surface area contributed by atoms with Crippen molar-refractivity contribution in [3.63, 3.8) is 0 Å². The van der Waals surface area contributed by atoms with Crippen LogP contribution in [0.15, 0.2) is 29.8 Å². The molecule has 1 aromatic rings. The van der Waals surface area contributed by atoms with Crippen LogP contribution in [0.4, 0.5) is 0 Å². The molecular weight excluding hydrogens is 200 g/mol. The zero-order chi connectivity index (χ0) is 11.2. The van der Waals surface area contributed by atoms with Crippen LogP contribution >= 0.6 is 0 Å². The van der Waals surface area contributed by atoms with Crippen molar-refractivity contribution in [2.45, 2.75) is 25.7 Å². The minimum absolute atomic E-state index is 0.306. The topological polar surface area (TPSA) is 18.5 Å². The summed E-state index contributed by atoms with van der Waals surface area (Å²) in [5.41, 5.74) is 2.70. The number of ether oxygens (including phenoxy) is 2. The Kier molecular flexibility index (Phi) is 4.00. The van der Waals surface area contributed by atoms with E-state index in [-0.39, 0.29) is 0 Å². The Morgan fingerprint density at radius 1 is 1.19 bits per heavy atom. The number of allylic oxidation sites excluding steroid dienone is 1. The Morgan fingerprint density at radius 2 is 1.94 bits per heavy atom. The lowest BCUT2D eigenvalue weighted by molar-refractivity contribution is 0.0510. The zero-order valence-corrected chi connectivity index (χ0v) is 9.74. The quantitative estimate of drug-likeness (QED) is 0.718. The molecule has 0 bridgehead atoms. The van der Waals surface area contributed by atoms with Crippen LogP contribution in [0.1, 0.15) is 31.2 Å². The third-order valence-corrected chi connectivity index (χ3v) is 2.86. The minimum atomic E-state index is 0.306.